The van der Waals surface area contributed by atoms with Gasteiger partial charge < -0.3 is 14.2 Å². The van der Waals surface area contributed by atoms with Gasteiger partial charge in [-0.25, -0.2) is 0 Å². The van der Waals surface area contributed by atoms with Gasteiger partial charge in [-0.05, 0) is 41.3 Å². The van der Waals surface area contributed by atoms with Gasteiger partial charge in [0.2, 0.25) is 0 Å². The highest BCUT2D eigenvalue weighted by Gasteiger charge is 2.02. The van der Waals surface area contributed by atoms with Crippen LogP contribution in [0, 0.1) is 5.92 Å². The monoisotopic (exact) mass is 338 g/mol. The van der Waals surface area contributed by atoms with E-state index >= 15 is 0 Å². The van der Waals surface area contributed by atoms with Gasteiger partial charge in [0.25, 0.3) is 0 Å². The van der Waals surface area contributed by atoms with Crippen molar-refractivity contribution in [2.75, 3.05) is 21.3 Å². The molecule has 0 fully saturated rings. The summed E-state index contributed by atoms with van der Waals surface area (Å²) < 4.78 is 16.1. The Morgan fingerprint density at radius 2 is 1.36 bits per heavy atom. The van der Waals surface area contributed by atoms with Gasteiger partial charge in [-0.3, -0.25) is 0 Å². The fourth-order valence-corrected chi connectivity index (χ4v) is 2.40. The minimum Gasteiger partial charge on any atom is -0.497 e. The second-order valence-electron chi connectivity index (χ2n) is 6.08. The van der Waals surface area contributed by atoms with Crippen molar-refractivity contribution in [1.29, 1.82) is 0 Å². The lowest BCUT2D eigenvalue weighted by atomic mass is 10.1. The maximum Gasteiger partial charge on any atom is 0.126 e. The Morgan fingerprint density at radius 1 is 0.720 bits per heavy atom. The highest BCUT2D eigenvalue weighted by Crippen LogP contribution is 2.26. The van der Waals surface area contributed by atoms with E-state index in [1.165, 1.54) is 0 Å². The van der Waals surface area contributed by atoms with Crippen LogP contribution in [-0.2, 0) is 0 Å². The molecule has 2 aromatic carbocycles. The van der Waals surface area contributed by atoms with Gasteiger partial charge in [-0.15, -0.1) is 0 Å². The molecule has 0 unspecified atom stereocenters. The van der Waals surface area contributed by atoms with Gasteiger partial charge in [-0.2, -0.15) is 0 Å². The fraction of sp³-hybridized carbons (Fsp3) is 0.273. The summed E-state index contributed by atoms with van der Waals surface area (Å²) in [7, 11) is 5.00. The van der Waals surface area contributed by atoms with Crippen LogP contribution in [0.2, 0.25) is 0 Å². The smallest absolute Gasteiger partial charge is 0.126 e. The van der Waals surface area contributed by atoms with Crippen molar-refractivity contribution in [3.8, 4) is 17.2 Å². The predicted molar refractivity (Wildman–Crippen MR) is 105 cm³/mol. The molecule has 132 valence electrons. The summed E-state index contributed by atoms with van der Waals surface area (Å²) in [6, 6.07) is 12.0. The van der Waals surface area contributed by atoms with Crippen molar-refractivity contribution < 1.29 is 14.2 Å². The lowest BCUT2D eigenvalue weighted by Crippen LogP contribution is -1.89. The van der Waals surface area contributed by atoms with E-state index in [4.69, 9.17) is 14.2 Å². The molecule has 0 spiro atoms. The number of ether oxygens (including phenoxy) is 3. The molecule has 0 N–H and O–H groups in total. The summed E-state index contributed by atoms with van der Waals surface area (Å²) in [5, 5.41) is 0. The second-order valence-corrected chi connectivity index (χ2v) is 6.08. The van der Waals surface area contributed by atoms with Crippen molar-refractivity contribution in [3.63, 3.8) is 0 Å². The van der Waals surface area contributed by atoms with Crippen LogP contribution in [0.1, 0.15) is 30.5 Å². The van der Waals surface area contributed by atoms with Crippen molar-refractivity contribution in [2.45, 2.75) is 13.8 Å². The Labute approximate surface area is 150 Å². The summed E-state index contributed by atoms with van der Waals surface area (Å²) in [5.41, 5.74) is 3.19. The van der Waals surface area contributed by atoms with Crippen molar-refractivity contribution in [1.82, 2.24) is 0 Å². The largest absolute Gasteiger partial charge is 0.497 e. The lowest BCUT2D eigenvalue weighted by molar-refractivity contribution is 0.394. The quantitative estimate of drug-likeness (QED) is 0.619. The molecule has 0 saturated heterocycles. The fourth-order valence-electron chi connectivity index (χ4n) is 2.40. The highest BCUT2D eigenvalue weighted by molar-refractivity contribution is 5.73. The van der Waals surface area contributed by atoms with Gasteiger partial charge in [0, 0.05) is 11.6 Å². The first kappa shape index (κ1) is 18.7. The standard InChI is InChI=1S/C22H26O3/c1-16(2)6-10-19-12-17(9-11-22(19)25-5)7-8-18-13-20(23-3)15-21(14-18)24-4/h6-16H,1-5H3/b8-7+,10-6+. The van der Waals surface area contributed by atoms with Gasteiger partial charge in [0.1, 0.15) is 17.2 Å². The summed E-state index contributed by atoms with van der Waals surface area (Å²) >= 11 is 0. The molecular formula is C22H26O3. The van der Waals surface area contributed by atoms with E-state index in [0.717, 1.165) is 33.9 Å². The zero-order valence-electron chi connectivity index (χ0n) is 15.6. The number of rotatable bonds is 7. The Hall–Kier alpha value is -2.68. The van der Waals surface area contributed by atoms with Crippen LogP contribution < -0.4 is 14.2 Å². The molecule has 3 nitrogen and oxygen atoms in total. The first-order valence-electron chi connectivity index (χ1n) is 8.33. The van der Waals surface area contributed by atoms with Crippen LogP contribution in [0.4, 0.5) is 0 Å². The minimum atomic E-state index is 0.494. The van der Waals surface area contributed by atoms with Crippen LogP contribution in [0.5, 0.6) is 17.2 Å². The van der Waals surface area contributed by atoms with E-state index in [1.807, 2.05) is 36.4 Å². The van der Waals surface area contributed by atoms with E-state index in [-0.39, 0.29) is 0 Å². The molecule has 0 atom stereocenters. The third-order valence-electron chi connectivity index (χ3n) is 3.76. The Bertz CT molecular complexity index is 736. The predicted octanol–water partition coefficient (Wildman–Crippen LogP) is 5.55. The average Bonchev–Trinajstić information content (AvgIpc) is 2.64. The highest BCUT2D eigenvalue weighted by atomic mass is 16.5. The number of hydrogen-bond acceptors (Lipinski definition) is 3. The average molecular weight is 338 g/mol. The molecule has 0 aliphatic heterocycles. The van der Waals surface area contributed by atoms with Gasteiger partial charge in [-0.1, -0.05) is 44.2 Å². The second kappa shape index (κ2) is 8.97. The van der Waals surface area contributed by atoms with Crippen LogP contribution in [-0.4, -0.2) is 21.3 Å². The van der Waals surface area contributed by atoms with E-state index in [0.29, 0.717) is 5.92 Å². The third kappa shape index (κ3) is 5.42. The molecule has 0 aliphatic carbocycles. The van der Waals surface area contributed by atoms with Crippen LogP contribution in [0.25, 0.3) is 18.2 Å². The van der Waals surface area contributed by atoms with Gasteiger partial charge >= 0.3 is 0 Å². The van der Waals surface area contributed by atoms with Gasteiger partial charge in [0.05, 0.1) is 21.3 Å². The summed E-state index contributed by atoms with van der Waals surface area (Å²) in [5.74, 6) is 2.91. The first-order chi connectivity index (χ1) is 12.0. The summed E-state index contributed by atoms with van der Waals surface area (Å²) in [6.45, 7) is 4.31. The van der Waals surface area contributed by atoms with Crippen LogP contribution in [0.15, 0.2) is 42.5 Å². The molecular weight excluding hydrogens is 312 g/mol. The number of allylic oxidation sites excluding steroid dienone is 1. The SMILES string of the molecule is COc1cc(/C=C/c2ccc(OC)c(/C=C/C(C)C)c2)cc(OC)c1. The topological polar surface area (TPSA) is 27.7 Å². The zero-order chi connectivity index (χ0) is 18.2. The van der Waals surface area contributed by atoms with Crippen molar-refractivity contribution in [3.05, 3.63) is 59.2 Å². The maximum absolute atomic E-state index is 5.45. The Balaban J connectivity index is 2.30. The van der Waals surface area contributed by atoms with Crippen molar-refractivity contribution in [2.24, 2.45) is 5.92 Å². The first-order valence-corrected chi connectivity index (χ1v) is 8.33. The molecule has 0 heterocycles. The third-order valence-corrected chi connectivity index (χ3v) is 3.76. The van der Waals surface area contributed by atoms with Crippen LogP contribution >= 0.6 is 0 Å². The molecule has 0 amide bonds. The molecule has 0 aromatic heterocycles. The summed E-state index contributed by atoms with van der Waals surface area (Å²) in [4.78, 5) is 0. The van der Waals surface area contributed by atoms with E-state index in [9.17, 15) is 0 Å². The molecule has 2 aromatic rings. The van der Waals surface area contributed by atoms with E-state index < -0.39 is 0 Å². The molecule has 0 bridgehead atoms. The molecule has 25 heavy (non-hydrogen) atoms. The normalized spacial score (nSPS) is 11.4. The van der Waals surface area contributed by atoms with Crippen molar-refractivity contribution >= 4 is 18.2 Å². The maximum atomic E-state index is 5.45. The van der Waals surface area contributed by atoms with Crippen LogP contribution in [0.3, 0.4) is 0 Å². The zero-order valence-corrected chi connectivity index (χ0v) is 15.6. The molecule has 0 saturated carbocycles. The molecule has 2 rings (SSSR count). The Morgan fingerprint density at radius 3 is 1.92 bits per heavy atom. The Kier molecular flexibility index (Phi) is 6.70. The van der Waals surface area contributed by atoms with E-state index in [1.54, 1.807) is 21.3 Å². The van der Waals surface area contributed by atoms with E-state index in [2.05, 4.69) is 38.1 Å². The number of benzene rings is 2. The molecule has 3 heteroatoms. The summed E-state index contributed by atoms with van der Waals surface area (Å²) in [6.07, 6.45) is 8.39. The van der Waals surface area contributed by atoms with Gasteiger partial charge in [0.15, 0.2) is 0 Å². The molecule has 0 aliphatic rings. The number of methoxy groups -OCH3 is 3. The number of hydrogen-bond donors (Lipinski definition) is 0. The molecule has 0 radical (unpaired) electrons. The lowest BCUT2D eigenvalue weighted by Gasteiger charge is -2.07. The minimum absolute atomic E-state index is 0.494.